The standard InChI is InChI=1S/C17H10BrNO6/c1-25-14-6-9(18)4-8(15(14)20)5-13-16(21)11-3-2-10(19(23)24)7-12(11)17(13)22/h2-7,20H,1H3. The van der Waals surface area contributed by atoms with Gasteiger partial charge in [-0.25, -0.2) is 0 Å². The molecule has 0 unspecified atom stereocenters. The highest BCUT2D eigenvalue weighted by Gasteiger charge is 2.34. The van der Waals surface area contributed by atoms with Gasteiger partial charge in [-0.3, -0.25) is 19.7 Å². The number of non-ortho nitro benzene ring substituents is 1. The number of nitrogens with zero attached hydrogens (tertiary/aromatic N) is 1. The van der Waals surface area contributed by atoms with Crippen LogP contribution in [-0.4, -0.2) is 28.7 Å². The van der Waals surface area contributed by atoms with Crippen LogP contribution in [0.4, 0.5) is 5.69 Å². The van der Waals surface area contributed by atoms with Crippen LogP contribution in [0.1, 0.15) is 26.3 Å². The second kappa shape index (κ2) is 6.14. The zero-order valence-electron chi connectivity index (χ0n) is 12.8. The van der Waals surface area contributed by atoms with Crippen LogP contribution in [0.15, 0.2) is 40.4 Å². The summed E-state index contributed by atoms with van der Waals surface area (Å²) in [6.07, 6.45) is 1.25. The number of Topliss-reactive ketones (excluding diaryl/α,β-unsaturated/α-hetero) is 2. The summed E-state index contributed by atoms with van der Waals surface area (Å²) >= 11 is 3.26. The third-order valence-corrected chi connectivity index (χ3v) is 4.24. The Bertz CT molecular complexity index is 979. The number of hydrogen-bond acceptors (Lipinski definition) is 6. The third-order valence-electron chi connectivity index (χ3n) is 3.78. The molecule has 1 N–H and O–H groups in total. The molecule has 2 aromatic rings. The van der Waals surface area contributed by atoms with E-state index in [0.717, 1.165) is 6.07 Å². The van der Waals surface area contributed by atoms with E-state index in [-0.39, 0.29) is 39.4 Å². The van der Waals surface area contributed by atoms with Crippen molar-refractivity contribution < 1.29 is 24.4 Å². The minimum atomic E-state index is -0.634. The maximum absolute atomic E-state index is 12.5. The fraction of sp³-hybridized carbons (Fsp3) is 0.0588. The van der Waals surface area contributed by atoms with Crippen LogP contribution < -0.4 is 4.74 Å². The Morgan fingerprint density at radius 1 is 1.16 bits per heavy atom. The van der Waals surface area contributed by atoms with Gasteiger partial charge in [0, 0.05) is 33.3 Å². The van der Waals surface area contributed by atoms with E-state index in [1.54, 1.807) is 0 Å². The Hall–Kier alpha value is -3.00. The molecule has 1 aliphatic carbocycles. The lowest BCUT2D eigenvalue weighted by molar-refractivity contribution is -0.384. The second-order valence-corrected chi connectivity index (χ2v) is 6.16. The average Bonchev–Trinajstić information content (AvgIpc) is 2.82. The highest BCUT2D eigenvalue weighted by atomic mass is 79.9. The average molecular weight is 404 g/mol. The number of halogens is 1. The summed E-state index contributed by atoms with van der Waals surface area (Å²) in [5, 5.41) is 21.0. The van der Waals surface area contributed by atoms with E-state index in [0.29, 0.717) is 4.47 Å². The summed E-state index contributed by atoms with van der Waals surface area (Å²) in [6, 6.07) is 6.57. The molecule has 0 saturated carbocycles. The van der Waals surface area contributed by atoms with Crippen molar-refractivity contribution in [1.29, 1.82) is 0 Å². The van der Waals surface area contributed by atoms with Crippen LogP contribution in [0.3, 0.4) is 0 Å². The van der Waals surface area contributed by atoms with Crippen LogP contribution >= 0.6 is 15.9 Å². The number of methoxy groups -OCH3 is 1. The van der Waals surface area contributed by atoms with Crippen LogP contribution in [0, 0.1) is 10.1 Å². The number of carbonyl (C=O) groups excluding carboxylic acids is 2. The molecule has 0 spiro atoms. The van der Waals surface area contributed by atoms with E-state index in [9.17, 15) is 24.8 Å². The topological polar surface area (TPSA) is 107 Å². The van der Waals surface area contributed by atoms with Gasteiger partial charge in [0.15, 0.2) is 23.1 Å². The zero-order chi connectivity index (χ0) is 18.3. The molecule has 7 nitrogen and oxygen atoms in total. The molecule has 8 heteroatoms. The Kier molecular flexibility index (Phi) is 4.13. The summed E-state index contributed by atoms with van der Waals surface area (Å²) in [4.78, 5) is 35.2. The lowest BCUT2D eigenvalue weighted by Gasteiger charge is -2.07. The van der Waals surface area contributed by atoms with Gasteiger partial charge in [0.25, 0.3) is 5.69 Å². The van der Waals surface area contributed by atoms with E-state index >= 15 is 0 Å². The highest BCUT2D eigenvalue weighted by Crippen LogP contribution is 2.37. The largest absolute Gasteiger partial charge is 0.504 e. The second-order valence-electron chi connectivity index (χ2n) is 5.25. The lowest BCUT2D eigenvalue weighted by Crippen LogP contribution is -2.00. The van der Waals surface area contributed by atoms with Gasteiger partial charge in [0.2, 0.25) is 0 Å². The molecule has 3 rings (SSSR count). The van der Waals surface area contributed by atoms with E-state index in [1.807, 2.05) is 0 Å². The Balaban J connectivity index is 2.12. The number of benzene rings is 2. The number of ether oxygens (including phenoxy) is 1. The fourth-order valence-electron chi connectivity index (χ4n) is 2.57. The molecule has 1 aliphatic rings. The van der Waals surface area contributed by atoms with Gasteiger partial charge < -0.3 is 9.84 Å². The minimum Gasteiger partial charge on any atom is -0.504 e. The van der Waals surface area contributed by atoms with Gasteiger partial charge in [-0.05, 0) is 24.3 Å². The molecular formula is C17H10BrNO6. The number of nitro benzene ring substituents is 1. The number of aromatic hydroxyl groups is 1. The summed E-state index contributed by atoms with van der Waals surface area (Å²) < 4.78 is 5.62. The van der Waals surface area contributed by atoms with Crippen molar-refractivity contribution in [2.75, 3.05) is 7.11 Å². The molecular weight excluding hydrogens is 394 g/mol. The SMILES string of the molecule is COc1cc(Br)cc(C=C2C(=O)c3ccc([N+](=O)[O-])cc3C2=O)c1O. The van der Waals surface area contributed by atoms with E-state index < -0.39 is 16.5 Å². The first-order valence-corrected chi connectivity index (χ1v) is 7.79. The summed E-state index contributed by atoms with van der Waals surface area (Å²) in [5.41, 5.74) is -0.153. The number of nitro groups is 1. The van der Waals surface area contributed by atoms with Crippen molar-refractivity contribution >= 4 is 39.3 Å². The number of rotatable bonds is 3. The minimum absolute atomic E-state index is 0.0214. The number of carbonyl (C=O) groups is 2. The molecule has 25 heavy (non-hydrogen) atoms. The summed E-state index contributed by atoms with van der Waals surface area (Å²) in [6.45, 7) is 0. The first-order chi connectivity index (χ1) is 11.8. The number of phenolic OH excluding ortho intramolecular Hbond substituents is 1. The molecule has 0 saturated heterocycles. The van der Waals surface area contributed by atoms with Gasteiger partial charge in [0.1, 0.15) is 0 Å². The van der Waals surface area contributed by atoms with Crippen molar-refractivity contribution in [2.45, 2.75) is 0 Å². The molecule has 0 amide bonds. The van der Waals surface area contributed by atoms with Crippen LogP contribution in [-0.2, 0) is 0 Å². The Labute approximate surface area is 149 Å². The predicted molar refractivity (Wildman–Crippen MR) is 92.1 cm³/mol. The van der Waals surface area contributed by atoms with Crippen LogP contribution in [0.5, 0.6) is 11.5 Å². The van der Waals surface area contributed by atoms with Gasteiger partial charge in [0.05, 0.1) is 17.6 Å². The van der Waals surface area contributed by atoms with Crippen molar-refractivity contribution in [3.63, 3.8) is 0 Å². The summed E-state index contributed by atoms with van der Waals surface area (Å²) in [7, 11) is 1.37. The maximum atomic E-state index is 12.5. The first-order valence-electron chi connectivity index (χ1n) is 6.99. The maximum Gasteiger partial charge on any atom is 0.270 e. The monoisotopic (exact) mass is 403 g/mol. The number of allylic oxidation sites excluding steroid dienone is 1. The summed E-state index contributed by atoms with van der Waals surface area (Å²) in [5.74, 6) is -1.22. The molecule has 126 valence electrons. The molecule has 0 heterocycles. The molecule has 0 fully saturated rings. The van der Waals surface area contributed by atoms with Gasteiger partial charge >= 0.3 is 0 Å². The van der Waals surface area contributed by atoms with Crippen molar-refractivity contribution in [3.05, 3.63) is 67.2 Å². The van der Waals surface area contributed by atoms with Crippen LogP contribution in [0.25, 0.3) is 6.08 Å². The lowest BCUT2D eigenvalue weighted by atomic mass is 10.1. The molecule has 0 bridgehead atoms. The zero-order valence-corrected chi connectivity index (χ0v) is 14.4. The molecule has 0 radical (unpaired) electrons. The van der Waals surface area contributed by atoms with Crippen molar-refractivity contribution in [1.82, 2.24) is 0 Å². The Morgan fingerprint density at radius 2 is 1.84 bits per heavy atom. The number of fused-ring (bicyclic) bond motifs is 1. The quantitative estimate of drug-likeness (QED) is 0.363. The highest BCUT2D eigenvalue weighted by molar-refractivity contribution is 9.10. The Morgan fingerprint density at radius 3 is 2.48 bits per heavy atom. The van der Waals surface area contributed by atoms with E-state index in [1.165, 1.54) is 37.5 Å². The van der Waals surface area contributed by atoms with Crippen molar-refractivity contribution in [2.24, 2.45) is 0 Å². The molecule has 2 aromatic carbocycles. The van der Waals surface area contributed by atoms with Gasteiger partial charge in [-0.1, -0.05) is 15.9 Å². The van der Waals surface area contributed by atoms with Gasteiger partial charge in [-0.2, -0.15) is 0 Å². The molecule has 0 atom stereocenters. The van der Waals surface area contributed by atoms with Crippen molar-refractivity contribution in [3.8, 4) is 11.5 Å². The molecule has 0 aliphatic heterocycles. The van der Waals surface area contributed by atoms with E-state index in [4.69, 9.17) is 4.74 Å². The smallest absolute Gasteiger partial charge is 0.270 e. The number of ketones is 2. The number of hydrogen-bond donors (Lipinski definition) is 1. The normalized spacial score (nSPS) is 14.7. The predicted octanol–water partition coefficient (Wildman–Crippen LogP) is 3.53. The third kappa shape index (κ3) is 2.80. The fourth-order valence-corrected chi connectivity index (χ4v) is 3.03. The van der Waals surface area contributed by atoms with Crippen LogP contribution in [0.2, 0.25) is 0 Å². The van der Waals surface area contributed by atoms with E-state index in [2.05, 4.69) is 15.9 Å². The number of phenols is 1. The first kappa shape index (κ1) is 16.8. The molecule has 0 aromatic heterocycles. The van der Waals surface area contributed by atoms with Gasteiger partial charge in [-0.15, -0.1) is 0 Å².